The SMILES string of the molecule is CCCC1=C2[C@@H](CC/C(C)=C/c3cc(C)c(O)c(C)c3)OB(O)C[C@@H]2[C@@H]2C(=O)N(C3CCN(Cc4ccccc4)CC3)C(=O)[C@@H]2C1. The van der Waals surface area contributed by atoms with Gasteiger partial charge in [0, 0.05) is 25.7 Å². The number of allylic oxidation sites excluding steroid dienone is 2. The molecule has 2 N–H and O–H groups in total. The number of amides is 2. The second-order valence-electron chi connectivity index (χ2n) is 14.1. The van der Waals surface area contributed by atoms with Gasteiger partial charge in [-0.25, -0.2) is 0 Å². The van der Waals surface area contributed by atoms with Crippen molar-refractivity contribution in [1.29, 1.82) is 0 Å². The summed E-state index contributed by atoms with van der Waals surface area (Å²) < 4.78 is 6.22. The number of phenolic OH excluding ortho intramolecular Hbond substituents is 1. The number of piperidine rings is 1. The van der Waals surface area contributed by atoms with Gasteiger partial charge in [-0.3, -0.25) is 19.4 Å². The summed E-state index contributed by atoms with van der Waals surface area (Å²) in [7, 11) is -0.953. The topological polar surface area (TPSA) is 90.3 Å². The van der Waals surface area contributed by atoms with Crippen LogP contribution >= 0.6 is 0 Å². The van der Waals surface area contributed by atoms with E-state index in [9.17, 15) is 19.7 Å². The Balaban J connectivity index is 1.17. The zero-order valence-electron chi connectivity index (χ0n) is 27.9. The Bertz CT molecular complexity index is 1490. The molecule has 3 fully saturated rings. The van der Waals surface area contributed by atoms with Gasteiger partial charge in [0.15, 0.2) is 0 Å². The lowest BCUT2D eigenvalue weighted by atomic mass is 9.58. The number of hydrogen-bond acceptors (Lipinski definition) is 6. The molecule has 8 heteroatoms. The molecule has 0 spiro atoms. The number of likely N-dealkylation sites (tertiary alicyclic amines) is 2. The number of benzene rings is 2. The molecule has 0 saturated carbocycles. The maximum absolute atomic E-state index is 14.2. The average molecular weight is 625 g/mol. The van der Waals surface area contributed by atoms with E-state index in [2.05, 4.69) is 49.1 Å². The van der Waals surface area contributed by atoms with Crippen LogP contribution in [0, 0.1) is 31.6 Å². The van der Waals surface area contributed by atoms with Crippen LogP contribution in [-0.2, 0) is 20.8 Å². The van der Waals surface area contributed by atoms with Gasteiger partial charge in [-0.15, -0.1) is 0 Å². The van der Waals surface area contributed by atoms with Crippen LogP contribution in [0.15, 0.2) is 59.2 Å². The molecule has 0 unspecified atom stereocenters. The molecular formula is C38H49BN2O5. The van der Waals surface area contributed by atoms with Crippen LogP contribution < -0.4 is 0 Å². The second-order valence-corrected chi connectivity index (χ2v) is 14.1. The summed E-state index contributed by atoms with van der Waals surface area (Å²) >= 11 is 0. The smallest absolute Gasteiger partial charge is 0.455 e. The number of carbonyl (C=O) groups is 2. The highest BCUT2D eigenvalue weighted by Gasteiger charge is 2.58. The predicted octanol–water partition coefficient (Wildman–Crippen LogP) is 6.45. The molecule has 0 bridgehead atoms. The summed E-state index contributed by atoms with van der Waals surface area (Å²) in [6.45, 7) is 10.7. The van der Waals surface area contributed by atoms with Gasteiger partial charge in [0.2, 0.25) is 11.8 Å². The first-order chi connectivity index (χ1) is 22.1. The Kier molecular flexibility index (Phi) is 9.88. The minimum atomic E-state index is -0.953. The monoisotopic (exact) mass is 624 g/mol. The van der Waals surface area contributed by atoms with Crippen LogP contribution in [0.25, 0.3) is 6.08 Å². The van der Waals surface area contributed by atoms with Crippen molar-refractivity contribution in [3.63, 3.8) is 0 Å². The van der Waals surface area contributed by atoms with Gasteiger partial charge < -0.3 is 14.8 Å². The van der Waals surface area contributed by atoms with E-state index in [1.54, 1.807) is 4.90 Å². The zero-order valence-corrected chi connectivity index (χ0v) is 27.9. The molecule has 46 heavy (non-hydrogen) atoms. The fraction of sp³-hybridized carbons (Fsp3) is 0.526. The third-order valence-electron chi connectivity index (χ3n) is 10.8. The molecule has 3 aliphatic heterocycles. The number of rotatable bonds is 9. The third-order valence-corrected chi connectivity index (χ3v) is 10.8. The molecule has 2 aromatic rings. The zero-order chi connectivity index (χ0) is 32.5. The molecular weight excluding hydrogens is 575 g/mol. The summed E-state index contributed by atoms with van der Waals surface area (Å²) in [5, 5.41) is 21.1. The maximum atomic E-state index is 14.2. The Morgan fingerprint density at radius 3 is 2.41 bits per heavy atom. The van der Waals surface area contributed by atoms with Crippen LogP contribution in [0.3, 0.4) is 0 Å². The first-order valence-electron chi connectivity index (χ1n) is 17.3. The fourth-order valence-electron chi connectivity index (χ4n) is 8.65. The van der Waals surface area contributed by atoms with Gasteiger partial charge >= 0.3 is 7.12 Å². The molecule has 7 nitrogen and oxygen atoms in total. The second kappa shape index (κ2) is 13.9. The van der Waals surface area contributed by atoms with E-state index in [0.29, 0.717) is 24.9 Å². The Morgan fingerprint density at radius 1 is 1.04 bits per heavy atom. The summed E-state index contributed by atoms with van der Waals surface area (Å²) in [5.74, 6) is -0.606. The van der Waals surface area contributed by atoms with E-state index in [-0.39, 0.29) is 35.8 Å². The van der Waals surface area contributed by atoms with Crippen LogP contribution in [0.5, 0.6) is 5.75 Å². The molecule has 3 saturated heterocycles. The van der Waals surface area contributed by atoms with Crippen molar-refractivity contribution in [3.05, 3.63) is 81.4 Å². The molecule has 4 aliphatic rings. The summed E-state index contributed by atoms with van der Waals surface area (Å²) in [6.07, 6.45) is 7.79. The molecule has 0 aromatic heterocycles. The number of fused-ring (bicyclic) bond motifs is 3. The number of carbonyl (C=O) groups excluding carboxylic acids is 2. The minimum absolute atomic E-state index is 0.0000402. The van der Waals surface area contributed by atoms with E-state index in [1.165, 1.54) is 22.3 Å². The van der Waals surface area contributed by atoms with Crippen molar-refractivity contribution in [2.45, 2.75) is 97.7 Å². The molecule has 3 heterocycles. The van der Waals surface area contributed by atoms with Gasteiger partial charge in [0.25, 0.3) is 0 Å². The van der Waals surface area contributed by atoms with Crippen LogP contribution in [-0.4, -0.2) is 64.1 Å². The Morgan fingerprint density at radius 2 is 1.74 bits per heavy atom. The number of phenols is 1. The first kappa shape index (κ1) is 32.7. The van der Waals surface area contributed by atoms with Crippen molar-refractivity contribution >= 4 is 25.0 Å². The van der Waals surface area contributed by atoms with E-state index < -0.39 is 13.0 Å². The maximum Gasteiger partial charge on any atom is 0.455 e. The van der Waals surface area contributed by atoms with Crippen molar-refractivity contribution in [2.24, 2.45) is 17.8 Å². The molecule has 2 aromatic carbocycles. The summed E-state index contributed by atoms with van der Waals surface area (Å²) in [5.41, 5.74) is 7.68. The lowest BCUT2D eigenvalue weighted by Gasteiger charge is -2.43. The van der Waals surface area contributed by atoms with Crippen molar-refractivity contribution in [1.82, 2.24) is 9.80 Å². The Hall–Kier alpha value is -3.20. The van der Waals surface area contributed by atoms with Crippen molar-refractivity contribution < 1.29 is 24.4 Å². The van der Waals surface area contributed by atoms with Gasteiger partial charge in [0.1, 0.15) is 5.75 Å². The van der Waals surface area contributed by atoms with E-state index >= 15 is 0 Å². The van der Waals surface area contributed by atoms with E-state index in [0.717, 1.165) is 68.4 Å². The predicted molar refractivity (Wildman–Crippen MR) is 182 cm³/mol. The standard InChI is InChI=1S/C38H49BN2O5/c1-5-9-29-21-31-35(38(44)41(37(31)43)30-14-16-40(17-15-30)23-27-10-7-6-8-11-27)32-22-39(45)46-33(34(29)32)13-12-24(2)18-28-19-25(3)36(42)26(4)20-28/h6-8,10-11,18-20,30-33,35,42,45H,5,9,12-17,21-23H2,1-4H3/b24-18+/t31-,32+,33-,35-/m1/s1. The highest BCUT2D eigenvalue weighted by atomic mass is 16.5. The quantitative estimate of drug-likeness (QED) is 0.189. The van der Waals surface area contributed by atoms with Gasteiger partial charge in [-0.2, -0.15) is 0 Å². The number of nitrogens with zero attached hydrogens (tertiary/aromatic N) is 2. The first-order valence-corrected chi connectivity index (χ1v) is 17.3. The number of hydrogen-bond donors (Lipinski definition) is 2. The number of aryl methyl sites for hydroxylation is 2. The van der Waals surface area contributed by atoms with E-state index in [4.69, 9.17) is 4.65 Å². The largest absolute Gasteiger partial charge is 0.507 e. The lowest BCUT2D eigenvalue weighted by Crippen LogP contribution is -2.48. The van der Waals surface area contributed by atoms with Crippen LogP contribution in [0.4, 0.5) is 0 Å². The number of imide groups is 1. The summed E-state index contributed by atoms with van der Waals surface area (Å²) in [4.78, 5) is 32.3. The molecule has 2 amide bonds. The molecule has 6 rings (SSSR count). The van der Waals surface area contributed by atoms with Crippen molar-refractivity contribution in [2.75, 3.05) is 13.1 Å². The number of aromatic hydroxyl groups is 1. The minimum Gasteiger partial charge on any atom is -0.507 e. The van der Waals surface area contributed by atoms with E-state index in [1.807, 2.05) is 32.0 Å². The third kappa shape index (κ3) is 6.62. The van der Waals surface area contributed by atoms with Gasteiger partial charge in [0.05, 0.1) is 17.9 Å². The fourth-order valence-corrected chi connectivity index (χ4v) is 8.65. The summed E-state index contributed by atoms with van der Waals surface area (Å²) in [6, 6.07) is 14.4. The molecule has 1 aliphatic carbocycles. The normalized spacial score (nSPS) is 26.2. The lowest BCUT2D eigenvalue weighted by molar-refractivity contribution is -0.144. The molecule has 244 valence electrons. The Labute approximate surface area is 274 Å². The molecule has 0 radical (unpaired) electrons. The van der Waals surface area contributed by atoms with Crippen molar-refractivity contribution in [3.8, 4) is 5.75 Å². The van der Waals surface area contributed by atoms with Gasteiger partial charge in [-0.05, 0) is 111 Å². The highest BCUT2D eigenvalue weighted by Crippen LogP contribution is 2.52. The highest BCUT2D eigenvalue weighted by molar-refractivity contribution is 6.43. The average Bonchev–Trinajstić information content (AvgIpc) is 3.28. The molecule has 4 atom stereocenters. The van der Waals surface area contributed by atoms with Crippen LogP contribution in [0.1, 0.15) is 81.0 Å². The van der Waals surface area contributed by atoms with Crippen LogP contribution in [0.2, 0.25) is 6.32 Å². The van der Waals surface area contributed by atoms with Gasteiger partial charge in [-0.1, -0.05) is 60.9 Å².